The maximum atomic E-state index is 12.4. The molecule has 0 saturated carbocycles. The van der Waals surface area contributed by atoms with E-state index in [0.717, 1.165) is 17.2 Å². The molecule has 0 aliphatic carbocycles. The van der Waals surface area contributed by atoms with Crippen LogP contribution in [0.4, 0.5) is 0 Å². The number of nitrogens with zero attached hydrogens (tertiary/aromatic N) is 3. The summed E-state index contributed by atoms with van der Waals surface area (Å²) in [4.78, 5) is 29.9. The molecule has 0 aliphatic heterocycles. The monoisotopic (exact) mass is 315 g/mol. The summed E-state index contributed by atoms with van der Waals surface area (Å²) in [5, 5.41) is 0. The molecule has 6 heteroatoms. The number of amides is 1. The van der Waals surface area contributed by atoms with Crippen LogP contribution in [0.2, 0.25) is 0 Å². The second-order valence-corrected chi connectivity index (χ2v) is 5.59. The lowest BCUT2D eigenvalue weighted by Crippen LogP contribution is -2.35. The molecule has 0 aliphatic rings. The predicted molar refractivity (Wildman–Crippen MR) is 86.6 cm³/mol. The minimum Gasteiger partial charge on any atom is -0.449 e. The smallest absolute Gasteiger partial charge is 0.340 e. The standard InChI is InChI=1S/C17H21N3O3/c1-11-10-14(17(22)23-13(3)16(21)19(4)5)12(2)20(11)15-8-6-7-9-18-15/h6-10,13H,1-5H3. The van der Waals surface area contributed by atoms with E-state index < -0.39 is 12.1 Å². The maximum absolute atomic E-state index is 12.4. The molecule has 122 valence electrons. The highest BCUT2D eigenvalue weighted by atomic mass is 16.5. The zero-order valence-electron chi connectivity index (χ0n) is 14.0. The van der Waals surface area contributed by atoms with Gasteiger partial charge < -0.3 is 14.2 Å². The van der Waals surface area contributed by atoms with Crippen molar-refractivity contribution < 1.29 is 14.3 Å². The van der Waals surface area contributed by atoms with Gasteiger partial charge in [-0.3, -0.25) is 4.79 Å². The fourth-order valence-electron chi connectivity index (χ4n) is 2.45. The molecule has 0 saturated heterocycles. The largest absolute Gasteiger partial charge is 0.449 e. The first kappa shape index (κ1) is 16.7. The van der Waals surface area contributed by atoms with Crippen LogP contribution in [-0.2, 0) is 9.53 Å². The van der Waals surface area contributed by atoms with Crippen LogP contribution in [-0.4, -0.2) is 46.5 Å². The van der Waals surface area contributed by atoms with Crippen LogP contribution in [0.3, 0.4) is 0 Å². The van der Waals surface area contributed by atoms with Crippen molar-refractivity contribution in [1.29, 1.82) is 0 Å². The molecule has 2 heterocycles. The summed E-state index contributed by atoms with van der Waals surface area (Å²) in [7, 11) is 3.25. The Bertz CT molecular complexity index is 720. The van der Waals surface area contributed by atoms with Crippen LogP contribution in [0.25, 0.3) is 5.82 Å². The van der Waals surface area contributed by atoms with Crippen LogP contribution in [0.15, 0.2) is 30.5 Å². The molecule has 1 atom stereocenters. The number of aryl methyl sites for hydroxylation is 1. The topological polar surface area (TPSA) is 64.4 Å². The Hall–Kier alpha value is -2.63. The summed E-state index contributed by atoms with van der Waals surface area (Å²) in [5.74, 6) is -0.0289. The Balaban J connectivity index is 2.28. The zero-order chi connectivity index (χ0) is 17.1. The SMILES string of the molecule is Cc1cc(C(=O)OC(C)C(=O)N(C)C)c(C)n1-c1ccccn1. The number of likely N-dealkylation sites (N-methyl/N-ethyl adjacent to an activating group) is 1. The fraction of sp³-hybridized carbons (Fsp3) is 0.353. The molecule has 2 rings (SSSR count). The highest BCUT2D eigenvalue weighted by Crippen LogP contribution is 2.20. The van der Waals surface area contributed by atoms with Crippen molar-refractivity contribution in [3.8, 4) is 5.82 Å². The second-order valence-electron chi connectivity index (χ2n) is 5.59. The Morgan fingerprint density at radius 2 is 1.96 bits per heavy atom. The number of carbonyl (C=O) groups is 2. The van der Waals surface area contributed by atoms with Gasteiger partial charge in [-0.25, -0.2) is 9.78 Å². The lowest BCUT2D eigenvalue weighted by molar-refractivity contribution is -0.137. The van der Waals surface area contributed by atoms with E-state index in [9.17, 15) is 9.59 Å². The van der Waals surface area contributed by atoms with Crippen LogP contribution in [0.1, 0.15) is 28.7 Å². The summed E-state index contributed by atoms with van der Waals surface area (Å²) < 4.78 is 7.16. The number of pyridine rings is 1. The van der Waals surface area contributed by atoms with Crippen molar-refractivity contribution in [2.75, 3.05) is 14.1 Å². The van der Waals surface area contributed by atoms with Gasteiger partial charge in [-0.1, -0.05) is 6.07 Å². The Morgan fingerprint density at radius 3 is 2.52 bits per heavy atom. The van der Waals surface area contributed by atoms with E-state index in [1.54, 1.807) is 33.3 Å². The summed E-state index contributed by atoms with van der Waals surface area (Å²) in [5.41, 5.74) is 2.04. The molecule has 0 fully saturated rings. The number of rotatable bonds is 4. The number of carbonyl (C=O) groups excluding carboxylic acids is 2. The van der Waals surface area contributed by atoms with E-state index in [-0.39, 0.29) is 5.91 Å². The summed E-state index contributed by atoms with van der Waals surface area (Å²) in [6, 6.07) is 7.34. The van der Waals surface area contributed by atoms with E-state index in [4.69, 9.17) is 4.74 Å². The zero-order valence-corrected chi connectivity index (χ0v) is 14.0. The number of hydrogen-bond donors (Lipinski definition) is 0. The summed E-state index contributed by atoms with van der Waals surface area (Å²) in [6.07, 6.45) is 0.875. The highest BCUT2D eigenvalue weighted by Gasteiger charge is 2.23. The fourth-order valence-corrected chi connectivity index (χ4v) is 2.45. The Morgan fingerprint density at radius 1 is 1.26 bits per heavy atom. The summed E-state index contributed by atoms with van der Waals surface area (Å²) in [6.45, 7) is 5.29. The van der Waals surface area contributed by atoms with Crippen LogP contribution < -0.4 is 0 Å². The lowest BCUT2D eigenvalue weighted by Gasteiger charge is -2.17. The van der Waals surface area contributed by atoms with Gasteiger partial charge >= 0.3 is 5.97 Å². The van der Waals surface area contributed by atoms with Crippen molar-refractivity contribution in [3.05, 3.63) is 47.4 Å². The normalized spacial score (nSPS) is 11.9. The first-order valence-electron chi connectivity index (χ1n) is 7.35. The predicted octanol–water partition coefficient (Wildman–Crippen LogP) is 2.12. The third-order valence-corrected chi connectivity index (χ3v) is 3.60. The first-order valence-corrected chi connectivity index (χ1v) is 7.35. The van der Waals surface area contributed by atoms with E-state index in [1.807, 2.05) is 36.6 Å². The van der Waals surface area contributed by atoms with Crippen molar-refractivity contribution in [2.24, 2.45) is 0 Å². The van der Waals surface area contributed by atoms with Gasteiger partial charge in [-0.05, 0) is 39.0 Å². The molecule has 0 N–H and O–H groups in total. The van der Waals surface area contributed by atoms with Crippen LogP contribution in [0.5, 0.6) is 0 Å². The van der Waals surface area contributed by atoms with Crippen LogP contribution in [0, 0.1) is 13.8 Å². The van der Waals surface area contributed by atoms with E-state index in [2.05, 4.69) is 4.98 Å². The molecular weight excluding hydrogens is 294 g/mol. The molecule has 6 nitrogen and oxygen atoms in total. The molecule has 2 aromatic heterocycles. The van der Waals surface area contributed by atoms with E-state index in [0.29, 0.717) is 5.56 Å². The van der Waals surface area contributed by atoms with E-state index in [1.165, 1.54) is 4.90 Å². The molecular formula is C17H21N3O3. The van der Waals surface area contributed by atoms with Crippen molar-refractivity contribution >= 4 is 11.9 Å². The van der Waals surface area contributed by atoms with Crippen molar-refractivity contribution in [3.63, 3.8) is 0 Å². The molecule has 2 aromatic rings. The van der Waals surface area contributed by atoms with Gasteiger partial charge in [-0.2, -0.15) is 0 Å². The maximum Gasteiger partial charge on any atom is 0.340 e. The van der Waals surface area contributed by atoms with Crippen LogP contribution >= 0.6 is 0 Å². The minimum atomic E-state index is -0.824. The molecule has 1 unspecified atom stereocenters. The average molecular weight is 315 g/mol. The number of ether oxygens (including phenoxy) is 1. The first-order chi connectivity index (χ1) is 10.8. The summed E-state index contributed by atoms with van der Waals surface area (Å²) >= 11 is 0. The number of esters is 1. The Labute approximate surface area is 135 Å². The average Bonchev–Trinajstić information content (AvgIpc) is 2.82. The number of hydrogen-bond acceptors (Lipinski definition) is 4. The van der Waals surface area contributed by atoms with Gasteiger partial charge in [0.1, 0.15) is 5.82 Å². The third kappa shape index (κ3) is 3.41. The van der Waals surface area contributed by atoms with Gasteiger partial charge in [0.05, 0.1) is 5.56 Å². The third-order valence-electron chi connectivity index (χ3n) is 3.60. The molecule has 0 bridgehead atoms. The molecule has 0 radical (unpaired) electrons. The van der Waals surface area contributed by atoms with Crippen molar-refractivity contribution in [1.82, 2.24) is 14.5 Å². The molecule has 0 aromatic carbocycles. The van der Waals surface area contributed by atoms with Crippen molar-refractivity contribution in [2.45, 2.75) is 26.9 Å². The van der Waals surface area contributed by atoms with Gasteiger partial charge in [0.15, 0.2) is 6.10 Å². The second kappa shape index (κ2) is 6.64. The highest BCUT2D eigenvalue weighted by molar-refractivity contribution is 5.93. The van der Waals surface area contributed by atoms with Gasteiger partial charge in [0.2, 0.25) is 0 Å². The molecule has 1 amide bonds. The molecule has 0 spiro atoms. The quantitative estimate of drug-likeness (QED) is 0.811. The number of aromatic nitrogens is 2. The van der Waals surface area contributed by atoms with Gasteiger partial charge in [-0.15, -0.1) is 0 Å². The Kier molecular flexibility index (Phi) is 4.83. The molecule has 23 heavy (non-hydrogen) atoms. The lowest BCUT2D eigenvalue weighted by atomic mass is 10.2. The van der Waals surface area contributed by atoms with Gasteiger partial charge in [0, 0.05) is 31.7 Å². The van der Waals surface area contributed by atoms with Gasteiger partial charge in [0.25, 0.3) is 5.91 Å². The minimum absolute atomic E-state index is 0.253. The van der Waals surface area contributed by atoms with E-state index >= 15 is 0 Å².